The van der Waals surface area contributed by atoms with Crippen LogP contribution in [0.15, 0.2) is 54.7 Å². The highest BCUT2D eigenvalue weighted by atomic mass is 35.5. The third kappa shape index (κ3) is 2.37. The van der Waals surface area contributed by atoms with E-state index in [9.17, 15) is 0 Å². The molecule has 3 rings (SSSR count). The second-order valence-corrected chi connectivity index (χ2v) is 5.00. The Balaban J connectivity index is 1.94. The number of aromatic nitrogens is 1. The lowest BCUT2D eigenvalue weighted by Crippen LogP contribution is -1.98. The molecule has 2 aromatic carbocycles. The van der Waals surface area contributed by atoms with E-state index in [0.717, 1.165) is 28.0 Å². The Hall–Kier alpha value is -1.77. The van der Waals surface area contributed by atoms with Crippen LogP contribution in [0.1, 0.15) is 11.1 Å². The van der Waals surface area contributed by atoms with Crippen molar-refractivity contribution in [3.05, 3.63) is 70.9 Å². The highest BCUT2D eigenvalue weighted by molar-refractivity contribution is 6.35. The van der Waals surface area contributed by atoms with Gasteiger partial charge < -0.3 is 9.67 Å². The highest BCUT2D eigenvalue weighted by Gasteiger charge is 2.04. The molecule has 3 heteroatoms. The number of rotatable bonds is 3. The monoisotopic (exact) mass is 271 g/mol. The summed E-state index contributed by atoms with van der Waals surface area (Å²) in [6, 6.07) is 16.0. The number of halogens is 1. The fourth-order valence-electron chi connectivity index (χ4n) is 2.27. The van der Waals surface area contributed by atoms with E-state index in [1.807, 2.05) is 42.5 Å². The van der Waals surface area contributed by atoms with Crippen molar-refractivity contribution in [3.63, 3.8) is 0 Å². The molecular formula is C16H14ClNO. The number of benzene rings is 2. The zero-order valence-electron chi connectivity index (χ0n) is 10.4. The first-order valence-corrected chi connectivity index (χ1v) is 6.58. The maximum absolute atomic E-state index is 9.04. The van der Waals surface area contributed by atoms with Gasteiger partial charge in [0.15, 0.2) is 0 Å². The molecule has 0 amide bonds. The summed E-state index contributed by atoms with van der Waals surface area (Å²) in [7, 11) is 0. The SMILES string of the molecule is OCc1ccc(Cn2ccc3c(Cl)cccc32)cc1. The molecule has 3 aromatic rings. The van der Waals surface area contributed by atoms with Crippen LogP contribution in [-0.4, -0.2) is 9.67 Å². The third-order valence-corrected chi connectivity index (χ3v) is 3.65. The van der Waals surface area contributed by atoms with Gasteiger partial charge in [0.2, 0.25) is 0 Å². The quantitative estimate of drug-likeness (QED) is 0.769. The van der Waals surface area contributed by atoms with E-state index in [1.165, 1.54) is 5.56 Å². The Labute approximate surface area is 116 Å². The minimum Gasteiger partial charge on any atom is -0.392 e. The molecule has 2 nitrogen and oxygen atoms in total. The smallest absolute Gasteiger partial charge is 0.0681 e. The van der Waals surface area contributed by atoms with E-state index in [4.69, 9.17) is 16.7 Å². The van der Waals surface area contributed by atoms with Crippen LogP contribution in [0.4, 0.5) is 0 Å². The van der Waals surface area contributed by atoms with Gasteiger partial charge in [-0.15, -0.1) is 0 Å². The van der Waals surface area contributed by atoms with Crippen LogP contribution < -0.4 is 0 Å². The molecule has 0 fully saturated rings. The number of nitrogens with zero attached hydrogens (tertiary/aromatic N) is 1. The molecular weight excluding hydrogens is 258 g/mol. The van der Waals surface area contributed by atoms with Crippen LogP contribution in [0, 0.1) is 0 Å². The van der Waals surface area contributed by atoms with Gasteiger partial charge in [-0.05, 0) is 29.3 Å². The molecule has 0 aliphatic carbocycles. The van der Waals surface area contributed by atoms with Crippen LogP contribution in [0.25, 0.3) is 10.9 Å². The van der Waals surface area contributed by atoms with Gasteiger partial charge in [0.25, 0.3) is 0 Å². The zero-order chi connectivity index (χ0) is 13.2. The van der Waals surface area contributed by atoms with Crippen molar-refractivity contribution in [1.29, 1.82) is 0 Å². The van der Waals surface area contributed by atoms with Gasteiger partial charge in [-0.2, -0.15) is 0 Å². The summed E-state index contributed by atoms with van der Waals surface area (Å²) in [5.41, 5.74) is 3.28. The van der Waals surface area contributed by atoms with Crippen LogP contribution in [0.3, 0.4) is 0 Å². The lowest BCUT2D eigenvalue weighted by Gasteiger charge is -2.06. The van der Waals surface area contributed by atoms with Gasteiger partial charge in [0.05, 0.1) is 6.61 Å². The fourth-order valence-corrected chi connectivity index (χ4v) is 2.50. The van der Waals surface area contributed by atoms with Crippen LogP contribution >= 0.6 is 11.6 Å². The number of fused-ring (bicyclic) bond motifs is 1. The molecule has 0 atom stereocenters. The summed E-state index contributed by atoms with van der Waals surface area (Å²) in [5.74, 6) is 0. The van der Waals surface area contributed by atoms with Crippen molar-refractivity contribution < 1.29 is 5.11 Å². The molecule has 0 radical (unpaired) electrons. The Morgan fingerprint density at radius 3 is 2.42 bits per heavy atom. The first kappa shape index (κ1) is 12.3. The molecule has 1 heterocycles. The van der Waals surface area contributed by atoms with E-state index < -0.39 is 0 Å². The zero-order valence-corrected chi connectivity index (χ0v) is 11.1. The van der Waals surface area contributed by atoms with E-state index in [2.05, 4.69) is 16.8 Å². The topological polar surface area (TPSA) is 25.2 Å². The van der Waals surface area contributed by atoms with E-state index in [-0.39, 0.29) is 6.61 Å². The van der Waals surface area contributed by atoms with E-state index in [0.29, 0.717) is 0 Å². The molecule has 0 saturated carbocycles. The van der Waals surface area contributed by atoms with Gasteiger partial charge in [-0.1, -0.05) is 41.9 Å². The van der Waals surface area contributed by atoms with Crippen molar-refractivity contribution in [3.8, 4) is 0 Å². The van der Waals surface area contributed by atoms with Crippen LogP contribution in [-0.2, 0) is 13.2 Å². The average Bonchev–Trinajstić information content (AvgIpc) is 2.84. The van der Waals surface area contributed by atoms with E-state index in [1.54, 1.807) is 0 Å². The Morgan fingerprint density at radius 2 is 1.68 bits per heavy atom. The lowest BCUT2D eigenvalue weighted by molar-refractivity contribution is 0.282. The summed E-state index contributed by atoms with van der Waals surface area (Å²) >= 11 is 6.17. The summed E-state index contributed by atoms with van der Waals surface area (Å²) in [6.07, 6.45) is 2.05. The van der Waals surface area contributed by atoms with Crippen LogP contribution in [0.5, 0.6) is 0 Å². The van der Waals surface area contributed by atoms with Gasteiger partial charge >= 0.3 is 0 Å². The number of hydrogen-bond acceptors (Lipinski definition) is 1. The molecule has 0 saturated heterocycles. The van der Waals surface area contributed by atoms with Gasteiger partial charge in [-0.25, -0.2) is 0 Å². The Kier molecular flexibility index (Phi) is 3.28. The number of aliphatic hydroxyl groups excluding tert-OH is 1. The summed E-state index contributed by atoms with van der Waals surface area (Å²) < 4.78 is 2.18. The number of aliphatic hydroxyl groups is 1. The van der Waals surface area contributed by atoms with Crippen molar-refractivity contribution >= 4 is 22.5 Å². The second kappa shape index (κ2) is 5.08. The predicted octanol–water partition coefficient (Wildman–Crippen LogP) is 3.84. The normalized spacial score (nSPS) is 11.1. The maximum atomic E-state index is 9.04. The predicted molar refractivity (Wildman–Crippen MR) is 78.4 cm³/mol. The van der Waals surface area contributed by atoms with Crippen molar-refractivity contribution in [2.45, 2.75) is 13.2 Å². The second-order valence-electron chi connectivity index (χ2n) is 4.59. The molecule has 0 aliphatic heterocycles. The third-order valence-electron chi connectivity index (χ3n) is 3.32. The molecule has 0 unspecified atom stereocenters. The lowest BCUT2D eigenvalue weighted by atomic mass is 10.1. The molecule has 96 valence electrons. The molecule has 1 aromatic heterocycles. The minimum absolute atomic E-state index is 0.0857. The number of hydrogen-bond donors (Lipinski definition) is 1. The summed E-state index contributed by atoms with van der Waals surface area (Å²) in [4.78, 5) is 0. The standard InChI is InChI=1S/C16H14ClNO/c17-15-2-1-3-16-14(15)8-9-18(16)10-12-4-6-13(11-19)7-5-12/h1-9,19H,10-11H2. The first-order valence-electron chi connectivity index (χ1n) is 6.20. The van der Waals surface area contributed by atoms with Crippen LogP contribution in [0.2, 0.25) is 5.02 Å². The first-order chi connectivity index (χ1) is 9.28. The average molecular weight is 272 g/mol. The Morgan fingerprint density at radius 1 is 0.947 bits per heavy atom. The molecule has 19 heavy (non-hydrogen) atoms. The maximum Gasteiger partial charge on any atom is 0.0681 e. The Bertz CT molecular complexity index is 700. The van der Waals surface area contributed by atoms with Crippen molar-refractivity contribution in [2.24, 2.45) is 0 Å². The fraction of sp³-hybridized carbons (Fsp3) is 0.125. The highest BCUT2D eigenvalue weighted by Crippen LogP contribution is 2.24. The molecule has 0 spiro atoms. The molecule has 0 aliphatic rings. The van der Waals surface area contributed by atoms with Crippen molar-refractivity contribution in [2.75, 3.05) is 0 Å². The molecule has 0 bridgehead atoms. The molecule has 1 N–H and O–H groups in total. The summed E-state index contributed by atoms with van der Waals surface area (Å²) in [6.45, 7) is 0.887. The van der Waals surface area contributed by atoms with Gasteiger partial charge in [-0.3, -0.25) is 0 Å². The summed E-state index contributed by atoms with van der Waals surface area (Å²) in [5, 5.41) is 10.9. The minimum atomic E-state index is 0.0857. The van der Waals surface area contributed by atoms with Gasteiger partial charge in [0.1, 0.15) is 0 Å². The van der Waals surface area contributed by atoms with Gasteiger partial charge in [0, 0.05) is 28.7 Å². The largest absolute Gasteiger partial charge is 0.392 e. The van der Waals surface area contributed by atoms with E-state index >= 15 is 0 Å². The van der Waals surface area contributed by atoms with Crippen molar-refractivity contribution in [1.82, 2.24) is 4.57 Å².